The summed E-state index contributed by atoms with van der Waals surface area (Å²) in [6, 6.07) is 1.98. The lowest BCUT2D eigenvalue weighted by Gasteiger charge is -2.20. The van der Waals surface area contributed by atoms with Crippen LogP contribution in [0.1, 0.15) is 36.6 Å². The Morgan fingerprint density at radius 1 is 1.50 bits per heavy atom. The predicted molar refractivity (Wildman–Crippen MR) is 74.2 cm³/mol. The van der Waals surface area contributed by atoms with Crippen LogP contribution in [0.2, 0.25) is 0 Å². The Hall–Kier alpha value is -0.430. The van der Waals surface area contributed by atoms with Crippen LogP contribution in [0.5, 0.6) is 0 Å². The Labute approximate surface area is 113 Å². The summed E-state index contributed by atoms with van der Waals surface area (Å²) < 4.78 is 27.3. The Bertz CT molecular complexity index is 518. The number of thiophene rings is 1. The van der Waals surface area contributed by atoms with E-state index in [2.05, 4.69) is 0 Å². The minimum Gasteiger partial charge on any atom is -0.326 e. The molecule has 2 rings (SSSR count). The first-order valence-corrected chi connectivity index (χ1v) is 8.57. The van der Waals surface area contributed by atoms with E-state index in [-0.39, 0.29) is 6.04 Å². The van der Waals surface area contributed by atoms with Gasteiger partial charge in [-0.15, -0.1) is 11.3 Å². The van der Waals surface area contributed by atoms with E-state index < -0.39 is 10.0 Å². The number of rotatable bonds is 6. The van der Waals surface area contributed by atoms with Gasteiger partial charge in [-0.3, -0.25) is 0 Å². The van der Waals surface area contributed by atoms with Gasteiger partial charge < -0.3 is 5.73 Å². The van der Waals surface area contributed by atoms with Crippen molar-refractivity contribution in [1.82, 2.24) is 4.31 Å². The highest BCUT2D eigenvalue weighted by molar-refractivity contribution is 7.91. The third-order valence-corrected chi connectivity index (χ3v) is 6.80. The average molecular weight is 288 g/mol. The van der Waals surface area contributed by atoms with Gasteiger partial charge in [-0.1, -0.05) is 6.92 Å². The van der Waals surface area contributed by atoms with E-state index in [1.165, 1.54) is 11.3 Å². The Kier molecular flexibility index (Phi) is 4.11. The Morgan fingerprint density at radius 2 is 2.17 bits per heavy atom. The van der Waals surface area contributed by atoms with Gasteiger partial charge in [0.2, 0.25) is 0 Å². The second-order valence-electron chi connectivity index (χ2n) is 4.72. The minimum absolute atomic E-state index is 0.221. The van der Waals surface area contributed by atoms with Gasteiger partial charge >= 0.3 is 0 Å². The maximum absolute atomic E-state index is 12.6. The van der Waals surface area contributed by atoms with Crippen molar-refractivity contribution in [2.75, 3.05) is 6.54 Å². The normalized spacial score (nSPS) is 16.4. The van der Waals surface area contributed by atoms with E-state index in [0.29, 0.717) is 17.3 Å². The molecule has 0 aliphatic heterocycles. The first kappa shape index (κ1) is 14.0. The van der Waals surface area contributed by atoms with Crippen molar-refractivity contribution in [2.24, 2.45) is 5.73 Å². The monoisotopic (exact) mass is 288 g/mol. The lowest BCUT2D eigenvalue weighted by Crippen LogP contribution is -2.33. The van der Waals surface area contributed by atoms with E-state index in [4.69, 9.17) is 5.73 Å². The highest BCUT2D eigenvalue weighted by atomic mass is 32.2. The molecule has 0 aromatic carbocycles. The molecule has 4 nitrogen and oxygen atoms in total. The summed E-state index contributed by atoms with van der Waals surface area (Å²) in [6.07, 6.45) is 2.84. The van der Waals surface area contributed by atoms with E-state index in [1.54, 1.807) is 10.4 Å². The van der Waals surface area contributed by atoms with Gasteiger partial charge in [0.25, 0.3) is 10.0 Å². The van der Waals surface area contributed by atoms with Crippen LogP contribution in [0, 0.1) is 6.92 Å². The molecule has 0 amide bonds. The van der Waals surface area contributed by atoms with Gasteiger partial charge in [0.1, 0.15) is 4.21 Å². The standard InChI is InChI=1S/C12H20N2O2S2/c1-3-6-14(10-4-5-10)18(15,16)12-7-9(2)11(8-13)17-12/h7,10H,3-6,8,13H2,1-2H3. The molecule has 0 saturated heterocycles. The zero-order valence-corrected chi connectivity index (χ0v) is 12.5. The topological polar surface area (TPSA) is 63.4 Å². The Morgan fingerprint density at radius 3 is 2.61 bits per heavy atom. The lowest BCUT2D eigenvalue weighted by atomic mass is 10.3. The molecule has 1 saturated carbocycles. The molecule has 1 aromatic heterocycles. The van der Waals surface area contributed by atoms with Crippen LogP contribution in [-0.4, -0.2) is 25.3 Å². The van der Waals surface area contributed by atoms with Crippen molar-refractivity contribution in [3.8, 4) is 0 Å². The molecule has 6 heteroatoms. The van der Waals surface area contributed by atoms with Crippen molar-refractivity contribution >= 4 is 21.4 Å². The van der Waals surface area contributed by atoms with Crippen LogP contribution in [-0.2, 0) is 16.6 Å². The van der Waals surface area contributed by atoms with Crippen molar-refractivity contribution in [3.05, 3.63) is 16.5 Å². The summed E-state index contributed by atoms with van der Waals surface area (Å²) in [6.45, 7) is 4.94. The van der Waals surface area contributed by atoms with Crippen molar-refractivity contribution in [1.29, 1.82) is 0 Å². The molecule has 1 aliphatic carbocycles. The molecule has 1 aromatic rings. The highest BCUT2D eigenvalue weighted by Crippen LogP contribution is 2.35. The maximum atomic E-state index is 12.6. The molecular weight excluding hydrogens is 268 g/mol. The molecule has 0 bridgehead atoms. The lowest BCUT2D eigenvalue weighted by molar-refractivity contribution is 0.404. The highest BCUT2D eigenvalue weighted by Gasteiger charge is 2.38. The molecule has 2 N–H and O–H groups in total. The van der Waals surface area contributed by atoms with E-state index in [9.17, 15) is 8.42 Å². The Balaban J connectivity index is 2.33. The molecule has 102 valence electrons. The molecule has 0 atom stereocenters. The molecule has 0 radical (unpaired) electrons. The van der Waals surface area contributed by atoms with Crippen LogP contribution in [0.3, 0.4) is 0 Å². The van der Waals surface area contributed by atoms with Crippen LogP contribution in [0.15, 0.2) is 10.3 Å². The summed E-state index contributed by atoms with van der Waals surface area (Å²) in [5, 5.41) is 0. The van der Waals surface area contributed by atoms with Crippen molar-refractivity contribution in [2.45, 2.75) is 49.9 Å². The van der Waals surface area contributed by atoms with Crippen LogP contribution in [0.25, 0.3) is 0 Å². The zero-order chi connectivity index (χ0) is 13.3. The smallest absolute Gasteiger partial charge is 0.252 e. The molecule has 1 aliphatic rings. The molecule has 0 unspecified atom stereocenters. The number of nitrogens with two attached hydrogens (primary N) is 1. The third kappa shape index (κ3) is 2.61. The maximum Gasteiger partial charge on any atom is 0.252 e. The minimum atomic E-state index is -3.32. The van der Waals surface area contributed by atoms with Crippen LogP contribution >= 0.6 is 11.3 Å². The van der Waals surface area contributed by atoms with Crippen LogP contribution < -0.4 is 5.73 Å². The van der Waals surface area contributed by atoms with E-state index in [0.717, 1.165) is 29.7 Å². The van der Waals surface area contributed by atoms with Gasteiger partial charge in [-0.2, -0.15) is 4.31 Å². The summed E-state index contributed by atoms with van der Waals surface area (Å²) in [7, 11) is -3.32. The van der Waals surface area contributed by atoms with Gasteiger partial charge in [0.15, 0.2) is 0 Å². The van der Waals surface area contributed by atoms with Gasteiger partial charge in [-0.05, 0) is 37.8 Å². The summed E-state index contributed by atoms with van der Waals surface area (Å²) in [5.41, 5.74) is 6.60. The summed E-state index contributed by atoms with van der Waals surface area (Å²) >= 11 is 1.31. The second-order valence-corrected chi connectivity index (χ2v) is 7.98. The molecule has 18 heavy (non-hydrogen) atoms. The zero-order valence-electron chi connectivity index (χ0n) is 10.8. The fourth-order valence-electron chi connectivity index (χ4n) is 2.02. The van der Waals surface area contributed by atoms with E-state index in [1.807, 2.05) is 13.8 Å². The first-order chi connectivity index (χ1) is 8.50. The average Bonchev–Trinajstić information content (AvgIpc) is 3.08. The van der Waals surface area contributed by atoms with Crippen LogP contribution in [0.4, 0.5) is 0 Å². The molecule has 1 heterocycles. The SMILES string of the molecule is CCCN(C1CC1)S(=O)(=O)c1cc(C)c(CN)s1. The van der Waals surface area contributed by atoms with Gasteiger partial charge in [0.05, 0.1) is 0 Å². The first-order valence-electron chi connectivity index (χ1n) is 6.32. The van der Waals surface area contributed by atoms with Gasteiger partial charge in [0, 0.05) is 24.0 Å². The van der Waals surface area contributed by atoms with Crippen molar-refractivity contribution in [3.63, 3.8) is 0 Å². The molecule has 1 fully saturated rings. The van der Waals surface area contributed by atoms with Crippen molar-refractivity contribution < 1.29 is 8.42 Å². The number of nitrogens with zero attached hydrogens (tertiary/aromatic N) is 1. The predicted octanol–water partition coefficient (Wildman–Crippen LogP) is 2.08. The van der Waals surface area contributed by atoms with E-state index >= 15 is 0 Å². The number of hydrogen-bond acceptors (Lipinski definition) is 4. The summed E-state index contributed by atoms with van der Waals surface area (Å²) in [4.78, 5) is 0.959. The van der Waals surface area contributed by atoms with Gasteiger partial charge in [-0.25, -0.2) is 8.42 Å². The largest absolute Gasteiger partial charge is 0.326 e. The summed E-state index contributed by atoms with van der Waals surface area (Å²) in [5.74, 6) is 0. The fraction of sp³-hybridized carbons (Fsp3) is 0.667. The number of sulfonamides is 1. The molecular formula is C12H20N2O2S2. The quantitative estimate of drug-likeness (QED) is 0.871. The second kappa shape index (κ2) is 5.28. The number of hydrogen-bond donors (Lipinski definition) is 1. The fourth-order valence-corrected chi connectivity index (χ4v) is 5.39. The molecule has 0 spiro atoms. The third-order valence-electron chi connectivity index (χ3n) is 3.14. The number of aryl methyl sites for hydroxylation is 1.